The Morgan fingerprint density at radius 1 is 1.21 bits per heavy atom. The monoisotopic (exact) mass is 587 g/mol. The summed E-state index contributed by atoms with van der Waals surface area (Å²) in [5.74, 6) is 0.832. The number of nitrogens with one attached hydrogen (secondary N) is 2. The Morgan fingerprint density at radius 2 is 2.10 bits per heavy atom. The van der Waals surface area contributed by atoms with Crippen LogP contribution in [0.3, 0.4) is 0 Å². The number of amides is 1. The zero-order valence-electron chi connectivity index (χ0n) is 22.7. The number of halogens is 2. The molecule has 2 N–H and O–H groups in total. The summed E-state index contributed by atoms with van der Waals surface area (Å²) < 4.78 is 22.9. The summed E-state index contributed by atoms with van der Waals surface area (Å²) >= 11 is 6.50. The second-order valence-corrected chi connectivity index (χ2v) is 10.3. The van der Waals surface area contributed by atoms with Crippen molar-refractivity contribution in [3.8, 4) is 11.5 Å². The molecule has 0 radical (unpaired) electrons. The van der Waals surface area contributed by atoms with E-state index in [1.807, 2.05) is 19.2 Å². The van der Waals surface area contributed by atoms with Gasteiger partial charge < -0.3 is 24.8 Å². The van der Waals surface area contributed by atoms with Gasteiger partial charge in [0.2, 0.25) is 5.91 Å². The molecule has 1 aromatic carbocycles. The molecule has 1 saturated heterocycles. The van der Waals surface area contributed by atoms with Gasteiger partial charge in [0.25, 0.3) is 0 Å². The standard InChI is InChI=1S/C29H27ClFN9O2/c1-3-26(41)32-9-8-17-5-4-10-40(17)25-7-6-21-27(38-25)28(35-15-34-21)37-22-12-19(30)24(13-20(22)31)42-18-11-23-29(33-14-18)39(2)16-36-23/h3,6-7,11-17H,1,4-5,8-10H2,2H3,(H,32,41)(H,34,35,37)/t17-/m0/s1. The highest BCUT2D eigenvalue weighted by Crippen LogP contribution is 2.36. The molecule has 1 fully saturated rings. The number of ether oxygens (including phenoxy) is 1. The third-order valence-corrected chi connectivity index (χ3v) is 7.42. The quantitative estimate of drug-likeness (QED) is 0.221. The number of hydrogen-bond acceptors (Lipinski definition) is 9. The zero-order chi connectivity index (χ0) is 29.2. The van der Waals surface area contributed by atoms with Gasteiger partial charge >= 0.3 is 0 Å². The summed E-state index contributed by atoms with van der Waals surface area (Å²) in [6.07, 6.45) is 8.62. The second kappa shape index (κ2) is 11.6. The van der Waals surface area contributed by atoms with Crippen LogP contribution in [0.5, 0.6) is 11.5 Å². The molecular formula is C29H27ClFN9O2. The van der Waals surface area contributed by atoms with Gasteiger partial charge in [-0.3, -0.25) is 4.79 Å². The first kappa shape index (κ1) is 27.3. The van der Waals surface area contributed by atoms with Crippen LogP contribution in [0.15, 0.2) is 61.8 Å². The fourth-order valence-electron chi connectivity index (χ4n) is 5.06. The smallest absolute Gasteiger partial charge is 0.243 e. The van der Waals surface area contributed by atoms with E-state index in [1.165, 1.54) is 30.7 Å². The number of fused-ring (bicyclic) bond motifs is 2. The van der Waals surface area contributed by atoms with Gasteiger partial charge in [0.15, 0.2) is 11.5 Å². The number of benzene rings is 1. The minimum absolute atomic E-state index is 0.106. The number of anilines is 3. The molecule has 0 aliphatic carbocycles. The minimum atomic E-state index is -0.592. The van der Waals surface area contributed by atoms with Gasteiger partial charge in [-0.05, 0) is 43.5 Å². The van der Waals surface area contributed by atoms with Crippen molar-refractivity contribution >= 4 is 57.0 Å². The summed E-state index contributed by atoms with van der Waals surface area (Å²) in [5.41, 5.74) is 2.55. The van der Waals surface area contributed by atoms with Crippen LogP contribution in [0.25, 0.3) is 22.2 Å². The van der Waals surface area contributed by atoms with E-state index < -0.39 is 5.82 Å². The number of carbonyl (C=O) groups is 1. The van der Waals surface area contributed by atoms with E-state index in [9.17, 15) is 4.79 Å². The van der Waals surface area contributed by atoms with Crippen LogP contribution in [0.2, 0.25) is 5.02 Å². The Hall–Kier alpha value is -4.84. The molecule has 0 bridgehead atoms. The number of nitrogens with zero attached hydrogens (tertiary/aromatic N) is 7. The van der Waals surface area contributed by atoms with E-state index >= 15 is 4.39 Å². The maximum absolute atomic E-state index is 15.3. The van der Waals surface area contributed by atoms with Gasteiger partial charge in [-0.15, -0.1) is 0 Å². The van der Waals surface area contributed by atoms with Crippen molar-refractivity contribution in [1.29, 1.82) is 0 Å². The summed E-state index contributed by atoms with van der Waals surface area (Å²) in [6.45, 7) is 4.87. The number of pyridine rings is 2. The molecule has 0 unspecified atom stereocenters. The molecule has 1 aliphatic rings. The molecule has 0 saturated carbocycles. The first-order chi connectivity index (χ1) is 20.4. The Balaban J connectivity index is 1.23. The summed E-state index contributed by atoms with van der Waals surface area (Å²) in [6, 6.07) is 8.35. The molecule has 1 amide bonds. The lowest BCUT2D eigenvalue weighted by Crippen LogP contribution is -2.34. The van der Waals surface area contributed by atoms with Crippen molar-refractivity contribution in [3.63, 3.8) is 0 Å². The van der Waals surface area contributed by atoms with Crippen LogP contribution in [-0.2, 0) is 11.8 Å². The Bertz CT molecular complexity index is 1810. The van der Waals surface area contributed by atoms with Crippen molar-refractivity contribution in [2.75, 3.05) is 23.3 Å². The topological polar surface area (TPSA) is 123 Å². The lowest BCUT2D eigenvalue weighted by molar-refractivity contribution is -0.116. The van der Waals surface area contributed by atoms with E-state index in [0.717, 1.165) is 31.6 Å². The van der Waals surface area contributed by atoms with Gasteiger partial charge in [-0.1, -0.05) is 18.2 Å². The first-order valence-corrected chi connectivity index (χ1v) is 13.8. The van der Waals surface area contributed by atoms with Gasteiger partial charge in [0, 0.05) is 38.3 Å². The van der Waals surface area contributed by atoms with Crippen molar-refractivity contribution in [3.05, 3.63) is 72.7 Å². The van der Waals surface area contributed by atoms with Crippen molar-refractivity contribution in [2.45, 2.75) is 25.3 Å². The molecule has 1 aliphatic heterocycles. The van der Waals surface area contributed by atoms with Crippen molar-refractivity contribution in [1.82, 2.24) is 34.8 Å². The van der Waals surface area contributed by atoms with E-state index in [0.29, 0.717) is 40.3 Å². The number of imidazole rings is 1. The number of carbonyl (C=O) groups excluding carboxylic acids is 1. The van der Waals surface area contributed by atoms with Crippen LogP contribution in [0.1, 0.15) is 19.3 Å². The van der Waals surface area contributed by atoms with Crippen LogP contribution < -0.4 is 20.3 Å². The predicted molar refractivity (Wildman–Crippen MR) is 159 cm³/mol. The third-order valence-electron chi connectivity index (χ3n) is 7.13. The average Bonchev–Trinajstić information content (AvgIpc) is 3.61. The highest BCUT2D eigenvalue weighted by atomic mass is 35.5. The highest BCUT2D eigenvalue weighted by molar-refractivity contribution is 6.32. The Labute approximate surface area is 245 Å². The maximum atomic E-state index is 15.3. The SMILES string of the molecule is C=CC(=O)NCC[C@@H]1CCCN1c1ccc2ncnc(Nc3cc(Cl)c(Oc4cnc5c(c4)ncn5C)cc3F)c2n1. The number of aromatic nitrogens is 6. The number of hydrogen-bond donors (Lipinski definition) is 2. The summed E-state index contributed by atoms with van der Waals surface area (Å²) in [4.78, 5) is 35.9. The zero-order valence-corrected chi connectivity index (χ0v) is 23.5. The molecule has 5 heterocycles. The molecule has 1 atom stereocenters. The molecule has 6 rings (SSSR count). The van der Waals surface area contributed by atoms with Crippen LogP contribution in [-0.4, -0.2) is 54.5 Å². The Kier molecular flexibility index (Phi) is 7.53. The fourth-order valence-corrected chi connectivity index (χ4v) is 5.27. The third kappa shape index (κ3) is 5.53. The van der Waals surface area contributed by atoms with E-state index in [1.54, 1.807) is 17.0 Å². The van der Waals surface area contributed by atoms with Crippen molar-refractivity contribution < 1.29 is 13.9 Å². The van der Waals surface area contributed by atoms with Gasteiger partial charge in [-0.25, -0.2) is 29.3 Å². The van der Waals surface area contributed by atoms with Crippen molar-refractivity contribution in [2.24, 2.45) is 7.05 Å². The lowest BCUT2D eigenvalue weighted by Gasteiger charge is -2.26. The largest absolute Gasteiger partial charge is 0.454 e. The molecule has 13 heteroatoms. The molecule has 42 heavy (non-hydrogen) atoms. The van der Waals surface area contributed by atoms with Crippen LogP contribution in [0, 0.1) is 5.82 Å². The van der Waals surface area contributed by atoms with Gasteiger partial charge in [0.05, 0.1) is 28.8 Å². The highest BCUT2D eigenvalue weighted by Gasteiger charge is 2.26. The summed E-state index contributed by atoms with van der Waals surface area (Å²) in [7, 11) is 1.84. The fraction of sp³-hybridized carbons (Fsp3) is 0.241. The Morgan fingerprint density at radius 3 is 2.95 bits per heavy atom. The van der Waals surface area contributed by atoms with Gasteiger partial charge in [0.1, 0.15) is 40.5 Å². The lowest BCUT2D eigenvalue weighted by atomic mass is 10.1. The molecule has 5 aromatic rings. The van der Waals surface area contributed by atoms with E-state index in [2.05, 4.69) is 42.0 Å². The average molecular weight is 588 g/mol. The van der Waals surface area contributed by atoms with Crippen LogP contribution >= 0.6 is 11.6 Å². The summed E-state index contributed by atoms with van der Waals surface area (Å²) in [5, 5.41) is 6.05. The molecular weight excluding hydrogens is 561 g/mol. The van der Waals surface area contributed by atoms with Gasteiger partial charge in [-0.2, -0.15) is 0 Å². The number of rotatable bonds is 9. The maximum Gasteiger partial charge on any atom is 0.243 e. The number of aryl methyl sites for hydroxylation is 1. The second-order valence-electron chi connectivity index (χ2n) is 9.89. The predicted octanol–water partition coefficient (Wildman–Crippen LogP) is 5.30. The van der Waals surface area contributed by atoms with Crippen LogP contribution in [0.4, 0.5) is 21.7 Å². The minimum Gasteiger partial charge on any atom is -0.454 e. The molecule has 0 spiro atoms. The molecule has 214 valence electrons. The van der Waals surface area contributed by atoms with E-state index in [-0.39, 0.29) is 28.4 Å². The first-order valence-electron chi connectivity index (χ1n) is 13.4. The molecule has 11 nitrogen and oxygen atoms in total. The normalized spacial score (nSPS) is 14.8. The molecule has 4 aromatic heterocycles. The van der Waals surface area contributed by atoms with E-state index in [4.69, 9.17) is 21.3 Å².